The van der Waals surface area contributed by atoms with E-state index in [9.17, 15) is 0 Å². The molecule has 3 heteroatoms. The van der Waals surface area contributed by atoms with Crippen LogP contribution in [0.2, 0.25) is 0 Å². The van der Waals surface area contributed by atoms with Crippen molar-refractivity contribution in [1.82, 2.24) is 4.90 Å². The Morgan fingerprint density at radius 2 is 2.38 bits per heavy atom. The molecular weight excluding hydrogens is 200 g/mol. The number of furan rings is 1. The largest absolute Gasteiger partial charge is 0.467 e. The van der Waals surface area contributed by atoms with Crippen molar-refractivity contribution in [1.29, 1.82) is 0 Å². The van der Waals surface area contributed by atoms with Gasteiger partial charge in [0.15, 0.2) is 0 Å². The number of hydrogen-bond donors (Lipinski definition) is 1. The molecule has 0 spiro atoms. The second-order valence-corrected chi connectivity index (χ2v) is 4.75. The standard InChI is InChI=1S/C13H22N2O/c1-3-7-15-8-4-5-11(14)12(15)13-10(2)6-9-16-13/h6,9,11-12H,3-5,7-8,14H2,1-2H3. The summed E-state index contributed by atoms with van der Waals surface area (Å²) in [6, 6.07) is 2.52. The van der Waals surface area contributed by atoms with E-state index >= 15 is 0 Å². The maximum Gasteiger partial charge on any atom is 0.125 e. The van der Waals surface area contributed by atoms with Crippen LogP contribution < -0.4 is 5.73 Å². The molecule has 2 N–H and O–H groups in total. The molecule has 90 valence electrons. The predicted molar refractivity (Wildman–Crippen MR) is 65.3 cm³/mol. The summed E-state index contributed by atoms with van der Waals surface area (Å²) in [5.41, 5.74) is 7.48. The van der Waals surface area contributed by atoms with Crippen LogP contribution in [0.5, 0.6) is 0 Å². The Bertz CT molecular complexity index is 332. The van der Waals surface area contributed by atoms with E-state index in [1.165, 1.54) is 18.4 Å². The van der Waals surface area contributed by atoms with E-state index in [2.05, 4.69) is 18.7 Å². The molecule has 0 aliphatic carbocycles. The maximum absolute atomic E-state index is 6.26. The Labute approximate surface area is 97.6 Å². The lowest BCUT2D eigenvalue weighted by molar-refractivity contribution is 0.110. The molecule has 16 heavy (non-hydrogen) atoms. The second-order valence-electron chi connectivity index (χ2n) is 4.75. The van der Waals surface area contributed by atoms with Crippen molar-refractivity contribution in [3.8, 4) is 0 Å². The highest BCUT2D eigenvalue weighted by Gasteiger charge is 2.32. The predicted octanol–water partition coefficient (Wildman–Crippen LogP) is 2.46. The lowest BCUT2D eigenvalue weighted by Gasteiger charge is -2.38. The average Bonchev–Trinajstić information content (AvgIpc) is 2.65. The fourth-order valence-electron chi connectivity index (χ4n) is 2.68. The summed E-state index contributed by atoms with van der Waals surface area (Å²) in [4.78, 5) is 2.47. The monoisotopic (exact) mass is 222 g/mol. The van der Waals surface area contributed by atoms with Crippen LogP contribution in [0, 0.1) is 6.92 Å². The zero-order valence-electron chi connectivity index (χ0n) is 10.3. The number of likely N-dealkylation sites (tertiary alicyclic amines) is 1. The first-order valence-corrected chi connectivity index (χ1v) is 6.27. The van der Waals surface area contributed by atoms with Crippen molar-refractivity contribution in [2.24, 2.45) is 5.73 Å². The average molecular weight is 222 g/mol. The van der Waals surface area contributed by atoms with Gasteiger partial charge in [-0.05, 0) is 50.9 Å². The number of aryl methyl sites for hydroxylation is 1. The molecule has 0 radical (unpaired) electrons. The normalized spacial score (nSPS) is 27.2. The highest BCUT2D eigenvalue weighted by molar-refractivity contribution is 5.20. The van der Waals surface area contributed by atoms with E-state index in [-0.39, 0.29) is 12.1 Å². The smallest absolute Gasteiger partial charge is 0.125 e. The van der Waals surface area contributed by atoms with E-state index in [1.807, 2.05) is 6.07 Å². The SMILES string of the molecule is CCCN1CCCC(N)C1c1occc1C. The van der Waals surface area contributed by atoms with Gasteiger partial charge in [-0.3, -0.25) is 4.90 Å². The first-order valence-electron chi connectivity index (χ1n) is 6.27. The van der Waals surface area contributed by atoms with E-state index in [0.717, 1.165) is 25.3 Å². The molecule has 1 fully saturated rings. The fourth-order valence-corrected chi connectivity index (χ4v) is 2.68. The van der Waals surface area contributed by atoms with Crippen LogP contribution in [0.3, 0.4) is 0 Å². The van der Waals surface area contributed by atoms with Crippen molar-refractivity contribution in [3.05, 3.63) is 23.7 Å². The molecule has 1 aromatic rings. The topological polar surface area (TPSA) is 42.4 Å². The number of nitrogens with two attached hydrogens (primary N) is 1. The van der Waals surface area contributed by atoms with Crippen molar-refractivity contribution >= 4 is 0 Å². The van der Waals surface area contributed by atoms with Gasteiger partial charge in [-0.2, -0.15) is 0 Å². The zero-order valence-corrected chi connectivity index (χ0v) is 10.3. The van der Waals surface area contributed by atoms with Crippen molar-refractivity contribution in [2.75, 3.05) is 13.1 Å². The Kier molecular flexibility index (Phi) is 3.66. The third kappa shape index (κ3) is 2.15. The molecule has 0 aromatic carbocycles. The van der Waals surface area contributed by atoms with Crippen LogP contribution in [0.1, 0.15) is 43.6 Å². The third-order valence-corrected chi connectivity index (χ3v) is 3.46. The summed E-state index contributed by atoms with van der Waals surface area (Å²) >= 11 is 0. The molecule has 2 rings (SSSR count). The van der Waals surface area contributed by atoms with Crippen LogP contribution in [-0.4, -0.2) is 24.0 Å². The quantitative estimate of drug-likeness (QED) is 0.854. The molecule has 0 saturated carbocycles. The molecule has 2 atom stereocenters. The lowest BCUT2D eigenvalue weighted by atomic mass is 9.93. The molecule has 1 aliphatic heterocycles. The molecule has 1 aliphatic rings. The maximum atomic E-state index is 6.26. The molecule has 2 heterocycles. The van der Waals surface area contributed by atoms with Gasteiger partial charge in [0.05, 0.1) is 12.3 Å². The highest BCUT2D eigenvalue weighted by Crippen LogP contribution is 2.32. The summed E-state index contributed by atoms with van der Waals surface area (Å²) < 4.78 is 5.63. The lowest BCUT2D eigenvalue weighted by Crippen LogP contribution is -2.46. The van der Waals surface area contributed by atoms with Crippen LogP contribution in [0.4, 0.5) is 0 Å². The summed E-state index contributed by atoms with van der Waals surface area (Å²) in [5.74, 6) is 1.07. The van der Waals surface area contributed by atoms with Gasteiger partial charge in [0.2, 0.25) is 0 Å². The third-order valence-electron chi connectivity index (χ3n) is 3.46. The van der Waals surface area contributed by atoms with E-state index in [1.54, 1.807) is 6.26 Å². The van der Waals surface area contributed by atoms with Gasteiger partial charge in [0.1, 0.15) is 5.76 Å². The summed E-state index contributed by atoms with van der Waals surface area (Å²) in [5, 5.41) is 0. The van der Waals surface area contributed by atoms with Crippen LogP contribution in [-0.2, 0) is 0 Å². The number of nitrogens with zero attached hydrogens (tertiary/aromatic N) is 1. The highest BCUT2D eigenvalue weighted by atomic mass is 16.3. The molecular formula is C13H22N2O. The summed E-state index contributed by atoms with van der Waals surface area (Å²) in [6.07, 6.45) is 5.25. The van der Waals surface area contributed by atoms with Gasteiger partial charge in [-0.1, -0.05) is 6.92 Å². The van der Waals surface area contributed by atoms with Gasteiger partial charge in [0, 0.05) is 6.04 Å². The van der Waals surface area contributed by atoms with Crippen LogP contribution in [0.15, 0.2) is 16.7 Å². The Hall–Kier alpha value is -0.800. The second kappa shape index (κ2) is 5.02. The molecule has 0 amide bonds. The van der Waals surface area contributed by atoms with Gasteiger partial charge in [0.25, 0.3) is 0 Å². The first kappa shape index (κ1) is 11.7. The summed E-state index contributed by atoms with van der Waals surface area (Å²) in [7, 11) is 0. The van der Waals surface area contributed by atoms with Crippen LogP contribution in [0.25, 0.3) is 0 Å². The molecule has 1 saturated heterocycles. The number of rotatable bonds is 3. The van der Waals surface area contributed by atoms with Gasteiger partial charge in [-0.15, -0.1) is 0 Å². The van der Waals surface area contributed by atoms with Crippen molar-refractivity contribution in [2.45, 2.75) is 45.2 Å². The van der Waals surface area contributed by atoms with E-state index in [0.29, 0.717) is 0 Å². The Morgan fingerprint density at radius 3 is 3.00 bits per heavy atom. The van der Waals surface area contributed by atoms with Crippen molar-refractivity contribution < 1.29 is 4.42 Å². The van der Waals surface area contributed by atoms with Gasteiger partial charge >= 0.3 is 0 Å². The van der Waals surface area contributed by atoms with E-state index < -0.39 is 0 Å². The van der Waals surface area contributed by atoms with Crippen LogP contribution >= 0.6 is 0 Å². The van der Waals surface area contributed by atoms with Crippen molar-refractivity contribution in [3.63, 3.8) is 0 Å². The Morgan fingerprint density at radius 1 is 1.56 bits per heavy atom. The minimum Gasteiger partial charge on any atom is -0.467 e. The van der Waals surface area contributed by atoms with Gasteiger partial charge < -0.3 is 10.2 Å². The minimum atomic E-state index is 0.213. The molecule has 2 unspecified atom stereocenters. The molecule has 1 aromatic heterocycles. The number of hydrogen-bond acceptors (Lipinski definition) is 3. The molecule has 3 nitrogen and oxygen atoms in total. The zero-order chi connectivity index (χ0) is 11.5. The minimum absolute atomic E-state index is 0.213. The fraction of sp³-hybridized carbons (Fsp3) is 0.692. The first-order chi connectivity index (χ1) is 7.74. The van der Waals surface area contributed by atoms with Gasteiger partial charge in [-0.25, -0.2) is 0 Å². The van der Waals surface area contributed by atoms with E-state index in [4.69, 9.17) is 10.2 Å². The Balaban J connectivity index is 2.22. The number of piperidine rings is 1. The molecule has 0 bridgehead atoms. The summed E-state index contributed by atoms with van der Waals surface area (Å²) in [6.45, 7) is 6.57.